The Balaban J connectivity index is 1.85. The molecule has 0 aliphatic rings. The number of anilines is 3. The van der Waals surface area contributed by atoms with Crippen LogP contribution in [-0.4, -0.2) is 25.4 Å². The zero-order chi connectivity index (χ0) is 21.4. The van der Waals surface area contributed by atoms with Crippen LogP contribution in [0.25, 0.3) is 5.52 Å². The summed E-state index contributed by atoms with van der Waals surface area (Å²) in [6.45, 7) is 0. The van der Waals surface area contributed by atoms with E-state index in [0.29, 0.717) is 14.7 Å². The summed E-state index contributed by atoms with van der Waals surface area (Å²) >= 11 is 1.98. The Morgan fingerprint density at radius 2 is 2.03 bits per heavy atom. The Labute approximate surface area is 182 Å². The van der Waals surface area contributed by atoms with Crippen molar-refractivity contribution < 1.29 is 18.7 Å². The van der Waals surface area contributed by atoms with E-state index in [1.165, 1.54) is 47.4 Å². The van der Waals surface area contributed by atoms with Gasteiger partial charge in [0.25, 0.3) is 0 Å². The number of imidazole rings is 1. The van der Waals surface area contributed by atoms with Gasteiger partial charge in [-0.05, 0) is 64.0 Å². The van der Waals surface area contributed by atoms with Gasteiger partial charge in [-0.3, -0.25) is 4.40 Å². The lowest BCUT2D eigenvalue weighted by Crippen LogP contribution is -2.11. The zero-order valence-corrected chi connectivity index (χ0v) is 17.4. The average Bonchev–Trinajstić information content (AvgIpc) is 3.19. The molecule has 10 heteroatoms. The van der Waals surface area contributed by atoms with Crippen LogP contribution in [-0.2, 0) is 6.42 Å². The second kappa shape index (κ2) is 7.86. The average molecular weight is 521 g/mol. The van der Waals surface area contributed by atoms with Crippen molar-refractivity contribution in [2.45, 2.75) is 6.42 Å². The van der Waals surface area contributed by atoms with Gasteiger partial charge in [-0.2, -0.15) is 0 Å². The van der Waals surface area contributed by atoms with Crippen molar-refractivity contribution in [3.05, 3.63) is 80.9 Å². The number of hydrogen-bond acceptors (Lipinski definition) is 5. The maximum Gasteiger partial charge on any atom is 0.339 e. The summed E-state index contributed by atoms with van der Waals surface area (Å²) in [5.41, 5.74) is 6.87. The second-order valence-electron chi connectivity index (χ2n) is 6.48. The van der Waals surface area contributed by atoms with Crippen LogP contribution < -0.4 is 11.1 Å². The maximum absolute atomic E-state index is 14.3. The quantitative estimate of drug-likeness (QED) is 0.340. The molecule has 4 N–H and O–H groups in total. The van der Waals surface area contributed by atoms with Crippen molar-refractivity contribution in [1.29, 1.82) is 0 Å². The SMILES string of the molecule is Nc1nccc(Cc2cc(C(=O)O)c(Nc3ccc(I)cc3F)n3cncc23)c1F. The van der Waals surface area contributed by atoms with E-state index in [1.54, 1.807) is 6.07 Å². The highest BCUT2D eigenvalue weighted by molar-refractivity contribution is 14.1. The third-order valence-electron chi connectivity index (χ3n) is 4.57. The van der Waals surface area contributed by atoms with Crippen molar-refractivity contribution >= 4 is 51.4 Å². The van der Waals surface area contributed by atoms with E-state index in [4.69, 9.17) is 5.73 Å². The molecule has 7 nitrogen and oxygen atoms in total. The number of benzene rings is 1. The van der Waals surface area contributed by atoms with Gasteiger partial charge in [0.2, 0.25) is 0 Å². The Hall–Kier alpha value is -3.28. The minimum atomic E-state index is -1.23. The number of halogens is 3. The number of carboxylic acids is 1. The molecule has 4 aromatic rings. The van der Waals surface area contributed by atoms with Gasteiger partial charge in [-0.25, -0.2) is 23.5 Å². The monoisotopic (exact) mass is 521 g/mol. The first-order chi connectivity index (χ1) is 14.3. The van der Waals surface area contributed by atoms with Crippen LogP contribution >= 0.6 is 22.6 Å². The van der Waals surface area contributed by atoms with Crippen LogP contribution in [0.15, 0.2) is 49.1 Å². The number of fused-ring (bicyclic) bond motifs is 1. The predicted octanol–water partition coefficient (Wildman–Crippen LogP) is 4.23. The van der Waals surface area contributed by atoms with E-state index in [9.17, 15) is 18.7 Å². The van der Waals surface area contributed by atoms with E-state index in [-0.39, 0.29) is 34.9 Å². The molecule has 0 bridgehead atoms. The minimum Gasteiger partial charge on any atom is -0.478 e. The molecule has 0 spiro atoms. The number of nitrogens with zero attached hydrogens (tertiary/aromatic N) is 3. The summed E-state index contributed by atoms with van der Waals surface area (Å²) in [5, 5.41) is 12.6. The minimum absolute atomic E-state index is 0.0756. The molecule has 0 unspecified atom stereocenters. The molecule has 30 heavy (non-hydrogen) atoms. The van der Waals surface area contributed by atoms with Crippen LogP contribution in [0.2, 0.25) is 0 Å². The van der Waals surface area contributed by atoms with Crippen molar-refractivity contribution in [3.8, 4) is 0 Å². The third-order valence-corrected chi connectivity index (χ3v) is 5.24. The van der Waals surface area contributed by atoms with Gasteiger partial charge in [0.05, 0.1) is 17.4 Å². The van der Waals surface area contributed by atoms with Gasteiger partial charge >= 0.3 is 5.97 Å². The molecule has 0 radical (unpaired) electrons. The summed E-state index contributed by atoms with van der Waals surface area (Å²) < 4.78 is 30.9. The van der Waals surface area contributed by atoms with Crippen LogP contribution in [0.3, 0.4) is 0 Å². The molecule has 0 saturated heterocycles. The smallest absolute Gasteiger partial charge is 0.339 e. The number of hydrogen-bond donors (Lipinski definition) is 3. The summed E-state index contributed by atoms with van der Waals surface area (Å²) in [6.07, 6.45) is 4.40. The molecular formula is C20H14F2IN5O2. The number of rotatable bonds is 5. The van der Waals surface area contributed by atoms with Gasteiger partial charge in [0, 0.05) is 16.2 Å². The van der Waals surface area contributed by atoms with Crippen molar-refractivity contribution in [2.24, 2.45) is 0 Å². The van der Waals surface area contributed by atoms with Gasteiger partial charge in [0.15, 0.2) is 11.6 Å². The highest BCUT2D eigenvalue weighted by Crippen LogP contribution is 2.29. The number of nitrogens with one attached hydrogen (secondary N) is 1. The molecule has 4 rings (SSSR count). The summed E-state index contributed by atoms with van der Waals surface area (Å²) in [6, 6.07) is 7.45. The molecule has 0 atom stereocenters. The molecule has 3 aromatic heterocycles. The fraction of sp³-hybridized carbons (Fsp3) is 0.0500. The number of carboxylic acid groups (broad SMARTS) is 1. The van der Waals surface area contributed by atoms with Crippen LogP contribution in [0.4, 0.5) is 26.1 Å². The van der Waals surface area contributed by atoms with E-state index in [2.05, 4.69) is 15.3 Å². The largest absolute Gasteiger partial charge is 0.478 e. The number of carbonyl (C=O) groups is 1. The predicted molar refractivity (Wildman–Crippen MR) is 116 cm³/mol. The van der Waals surface area contributed by atoms with E-state index in [1.807, 2.05) is 22.6 Å². The van der Waals surface area contributed by atoms with Gasteiger partial charge in [0.1, 0.15) is 23.5 Å². The normalized spacial score (nSPS) is 11.0. The second-order valence-corrected chi connectivity index (χ2v) is 7.73. The molecule has 3 heterocycles. The zero-order valence-electron chi connectivity index (χ0n) is 15.2. The highest BCUT2D eigenvalue weighted by atomic mass is 127. The first kappa shape index (κ1) is 20.0. The van der Waals surface area contributed by atoms with Crippen LogP contribution in [0.1, 0.15) is 21.5 Å². The Morgan fingerprint density at radius 3 is 2.77 bits per heavy atom. The summed E-state index contributed by atoms with van der Waals surface area (Å²) in [4.78, 5) is 19.8. The third kappa shape index (κ3) is 3.65. The first-order valence-corrected chi connectivity index (χ1v) is 9.75. The molecule has 0 saturated carbocycles. The summed E-state index contributed by atoms with van der Waals surface area (Å²) in [5.74, 6) is -2.51. The molecule has 0 fully saturated rings. The van der Waals surface area contributed by atoms with Gasteiger partial charge in [-0.1, -0.05) is 0 Å². The summed E-state index contributed by atoms with van der Waals surface area (Å²) in [7, 11) is 0. The van der Waals surface area contributed by atoms with Gasteiger partial charge < -0.3 is 16.2 Å². The Morgan fingerprint density at radius 1 is 1.23 bits per heavy atom. The molecular weight excluding hydrogens is 507 g/mol. The number of aromatic carboxylic acids is 1. The number of pyridine rings is 2. The van der Waals surface area contributed by atoms with E-state index < -0.39 is 17.6 Å². The first-order valence-electron chi connectivity index (χ1n) is 8.67. The number of aromatic nitrogens is 3. The molecule has 0 aliphatic carbocycles. The van der Waals surface area contributed by atoms with E-state index in [0.717, 1.165) is 0 Å². The fourth-order valence-corrected chi connectivity index (χ4v) is 3.60. The van der Waals surface area contributed by atoms with Crippen molar-refractivity contribution in [2.75, 3.05) is 11.1 Å². The lowest BCUT2D eigenvalue weighted by Gasteiger charge is -2.16. The molecule has 152 valence electrons. The lowest BCUT2D eigenvalue weighted by atomic mass is 10.0. The van der Waals surface area contributed by atoms with E-state index >= 15 is 0 Å². The molecule has 1 aromatic carbocycles. The molecule has 0 aliphatic heterocycles. The Bertz CT molecular complexity index is 1290. The van der Waals surface area contributed by atoms with Gasteiger partial charge in [-0.15, -0.1) is 0 Å². The Kier molecular flexibility index (Phi) is 5.24. The highest BCUT2D eigenvalue weighted by Gasteiger charge is 2.20. The lowest BCUT2D eigenvalue weighted by molar-refractivity contribution is 0.0697. The number of nitrogen functional groups attached to an aromatic ring is 1. The van der Waals surface area contributed by atoms with Crippen molar-refractivity contribution in [3.63, 3.8) is 0 Å². The molecule has 0 amide bonds. The number of nitrogens with two attached hydrogens (primary N) is 1. The topological polar surface area (TPSA) is 106 Å². The standard InChI is InChI=1S/C20H14F2IN5O2/c21-14-7-12(23)1-2-15(14)27-19-13(20(29)30)6-11(16-8-25-9-28(16)19)5-10-3-4-26-18(24)17(10)22/h1-4,6-9,27H,5H2,(H2,24,26)(H,29,30). The maximum atomic E-state index is 14.3. The van der Waals surface area contributed by atoms with Crippen molar-refractivity contribution in [1.82, 2.24) is 14.4 Å². The fourth-order valence-electron chi connectivity index (χ4n) is 3.15. The van der Waals surface area contributed by atoms with Crippen LogP contribution in [0, 0.1) is 15.2 Å². The van der Waals surface area contributed by atoms with Crippen LogP contribution in [0.5, 0.6) is 0 Å².